The summed E-state index contributed by atoms with van der Waals surface area (Å²) in [4.78, 5) is 13.7. The van der Waals surface area contributed by atoms with Crippen molar-refractivity contribution in [1.29, 1.82) is 0 Å². The van der Waals surface area contributed by atoms with Gasteiger partial charge in [0.05, 0.1) is 43.1 Å². The first kappa shape index (κ1) is 38.4. The molecule has 0 bridgehead atoms. The molecule has 3 aliphatic rings. The number of carbonyl (C=O) groups is 1. The fourth-order valence-electron chi connectivity index (χ4n) is 7.19. The van der Waals surface area contributed by atoms with Gasteiger partial charge in [0.1, 0.15) is 6.10 Å². The second kappa shape index (κ2) is 16.2. The predicted molar refractivity (Wildman–Crippen MR) is 182 cm³/mol. The lowest BCUT2D eigenvalue weighted by molar-refractivity contribution is -0.197. The Labute approximate surface area is 293 Å². The largest absolute Gasteiger partial charge is 0.462 e. The number of carbonyl (C=O) groups excluding carboxylic acids is 1. The van der Waals surface area contributed by atoms with Gasteiger partial charge in [-0.05, 0) is 59.1 Å². The van der Waals surface area contributed by atoms with E-state index in [0.717, 1.165) is 28.7 Å². The van der Waals surface area contributed by atoms with Crippen molar-refractivity contribution in [1.82, 2.24) is 9.62 Å². The zero-order chi connectivity index (χ0) is 36.2. The van der Waals surface area contributed by atoms with Gasteiger partial charge < -0.3 is 24.6 Å². The number of aliphatic hydroxyl groups is 1. The van der Waals surface area contributed by atoms with E-state index in [4.69, 9.17) is 14.2 Å². The normalized spacial score (nSPS) is 23.5. The summed E-state index contributed by atoms with van der Waals surface area (Å²) in [5, 5.41) is 14.2. The number of halogens is 3. The van der Waals surface area contributed by atoms with Crippen molar-refractivity contribution in [3.8, 4) is 0 Å². The van der Waals surface area contributed by atoms with Gasteiger partial charge in [0.15, 0.2) is 6.29 Å². The van der Waals surface area contributed by atoms with Gasteiger partial charge in [-0.15, -0.1) is 0 Å². The minimum Gasteiger partial charge on any atom is -0.462 e. The van der Waals surface area contributed by atoms with Gasteiger partial charge in [-0.25, -0.2) is 8.42 Å². The molecule has 0 radical (unpaired) electrons. The van der Waals surface area contributed by atoms with E-state index in [0.29, 0.717) is 0 Å². The predicted octanol–water partition coefficient (Wildman–Crippen LogP) is 5.36. The molecule has 9 nitrogen and oxygen atoms in total. The Hall–Kier alpha value is -2.81. The Morgan fingerprint density at radius 1 is 1.08 bits per heavy atom. The molecule has 2 aromatic carbocycles. The van der Waals surface area contributed by atoms with Crippen LogP contribution in [0.1, 0.15) is 57.2 Å². The van der Waals surface area contributed by atoms with Gasteiger partial charge in [-0.3, -0.25) is 4.79 Å². The number of nitrogens with zero attached hydrogens (tertiary/aromatic N) is 1. The first-order valence-electron chi connectivity index (χ1n) is 17.4. The summed E-state index contributed by atoms with van der Waals surface area (Å²) in [6.45, 7) is 6.85. The van der Waals surface area contributed by atoms with Gasteiger partial charge in [0, 0.05) is 31.5 Å². The van der Waals surface area contributed by atoms with Crippen LogP contribution in [0.3, 0.4) is 0 Å². The Morgan fingerprint density at radius 3 is 2.50 bits per heavy atom. The van der Waals surface area contributed by atoms with Crippen LogP contribution < -0.4 is 5.32 Å². The molecule has 2 saturated heterocycles. The summed E-state index contributed by atoms with van der Waals surface area (Å²) in [6.07, 6.45) is -4.03. The second-order valence-corrected chi connectivity index (χ2v) is 16.3. The van der Waals surface area contributed by atoms with Crippen molar-refractivity contribution < 1.29 is 45.7 Å². The van der Waals surface area contributed by atoms with Crippen molar-refractivity contribution in [2.45, 2.75) is 89.0 Å². The van der Waals surface area contributed by atoms with Crippen molar-refractivity contribution in [3.05, 3.63) is 71.3 Å². The number of aliphatic hydroxyl groups excluding tert-OH is 1. The van der Waals surface area contributed by atoms with E-state index in [2.05, 4.69) is 25.2 Å². The SMILES string of the molecule is CC(C)CN(C[C@@H](O)[C@@H](CC(=O)O[C@H]1CCO[C@H]2OC[C@H](NCC(F)(F)F)[C@H]21)Cc1ccccc1)S(=O)(=O)c1ccc2c(c1)C(C(C)C)=CC2. The molecule has 0 saturated carbocycles. The second-order valence-electron chi connectivity index (χ2n) is 14.3. The minimum atomic E-state index is -4.42. The lowest BCUT2D eigenvalue weighted by Gasteiger charge is -2.35. The molecule has 2 heterocycles. The number of allylic oxidation sites excluding steroid dienone is 2. The molecule has 50 heavy (non-hydrogen) atoms. The molecule has 2 aliphatic heterocycles. The summed E-state index contributed by atoms with van der Waals surface area (Å²) in [5.41, 5.74) is 3.96. The number of hydrogen-bond donors (Lipinski definition) is 2. The first-order chi connectivity index (χ1) is 23.6. The molecular formula is C37H49F3N2O7S. The Kier molecular flexibility index (Phi) is 12.5. The van der Waals surface area contributed by atoms with E-state index >= 15 is 0 Å². The van der Waals surface area contributed by atoms with E-state index in [1.165, 1.54) is 4.31 Å². The van der Waals surface area contributed by atoms with Gasteiger partial charge in [-0.2, -0.15) is 17.5 Å². The summed E-state index contributed by atoms with van der Waals surface area (Å²) in [7, 11) is -4.04. The zero-order valence-electron chi connectivity index (χ0n) is 29.1. The monoisotopic (exact) mass is 722 g/mol. The Morgan fingerprint density at radius 2 is 1.82 bits per heavy atom. The van der Waals surface area contributed by atoms with Gasteiger partial charge >= 0.3 is 12.1 Å². The highest BCUT2D eigenvalue weighted by Crippen LogP contribution is 2.36. The smallest absolute Gasteiger partial charge is 0.401 e. The molecule has 6 atom stereocenters. The van der Waals surface area contributed by atoms with E-state index in [1.807, 2.05) is 50.2 Å². The Balaban J connectivity index is 1.34. The van der Waals surface area contributed by atoms with Crippen LogP contribution in [0, 0.1) is 23.7 Å². The molecule has 2 N–H and O–H groups in total. The van der Waals surface area contributed by atoms with Crippen LogP contribution in [0.25, 0.3) is 5.57 Å². The van der Waals surface area contributed by atoms with Crippen LogP contribution in [0.4, 0.5) is 13.2 Å². The average Bonchev–Trinajstić information content (AvgIpc) is 3.68. The van der Waals surface area contributed by atoms with E-state index in [9.17, 15) is 31.5 Å². The van der Waals surface area contributed by atoms with Gasteiger partial charge in [0.25, 0.3) is 0 Å². The number of nitrogens with one attached hydrogen (secondary N) is 1. The maximum Gasteiger partial charge on any atom is 0.401 e. The minimum absolute atomic E-state index is 0.0196. The number of sulfonamides is 1. The quantitative estimate of drug-likeness (QED) is 0.236. The molecule has 5 rings (SSSR count). The number of ether oxygens (including phenoxy) is 3. The molecule has 0 spiro atoms. The molecule has 0 amide bonds. The van der Waals surface area contributed by atoms with Crippen molar-refractivity contribution in [2.24, 2.45) is 23.7 Å². The maximum atomic E-state index is 14.2. The number of rotatable bonds is 15. The van der Waals surface area contributed by atoms with Crippen LogP contribution in [-0.4, -0.2) is 87.4 Å². The van der Waals surface area contributed by atoms with Crippen LogP contribution >= 0.6 is 0 Å². The summed E-state index contributed by atoms with van der Waals surface area (Å²) < 4.78 is 85.7. The molecule has 0 aromatic heterocycles. The number of alkyl halides is 3. The number of fused-ring (bicyclic) bond motifs is 2. The number of hydrogen-bond acceptors (Lipinski definition) is 8. The van der Waals surface area contributed by atoms with E-state index in [-0.39, 0.29) is 62.3 Å². The lowest BCUT2D eigenvalue weighted by Crippen LogP contribution is -2.50. The lowest BCUT2D eigenvalue weighted by atomic mass is 9.89. The maximum absolute atomic E-state index is 14.2. The van der Waals surface area contributed by atoms with Gasteiger partial charge in [0.2, 0.25) is 10.0 Å². The third-order valence-electron chi connectivity index (χ3n) is 9.65. The summed E-state index contributed by atoms with van der Waals surface area (Å²) in [5.74, 6) is -1.82. The summed E-state index contributed by atoms with van der Waals surface area (Å²) in [6, 6.07) is 13.7. The number of benzene rings is 2. The first-order valence-corrected chi connectivity index (χ1v) is 18.8. The van der Waals surface area contributed by atoms with Crippen LogP contribution in [0.2, 0.25) is 0 Å². The molecule has 0 unspecified atom stereocenters. The molecule has 1 aliphatic carbocycles. The fraction of sp³-hybridized carbons (Fsp3) is 0.595. The average molecular weight is 723 g/mol. The van der Waals surface area contributed by atoms with E-state index in [1.54, 1.807) is 12.1 Å². The Bertz CT molecular complexity index is 1600. The molecule has 2 aromatic rings. The van der Waals surface area contributed by atoms with Crippen molar-refractivity contribution in [2.75, 3.05) is 32.8 Å². The van der Waals surface area contributed by atoms with Crippen LogP contribution in [0.5, 0.6) is 0 Å². The molecular weight excluding hydrogens is 673 g/mol. The summed E-state index contributed by atoms with van der Waals surface area (Å²) >= 11 is 0. The van der Waals surface area contributed by atoms with Crippen molar-refractivity contribution in [3.63, 3.8) is 0 Å². The fourth-order valence-corrected chi connectivity index (χ4v) is 8.84. The standard InChI is InChI=1S/C37H49F3N2O7S/c1-23(2)19-42(50(45,46)28-12-10-26-11-13-29(24(3)4)30(26)18-28)20-32(43)27(16-25-8-6-5-7-9-25)17-34(44)49-33-14-15-47-36-35(33)31(21-48-36)41-22-37(38,39)40/h5-10,12-13,18,23-24,27,31-33,35-36,41,43H,11,14-17,19-22H2,1-4H3/t27-,31+,32-,33+,35+,36+/m1/s1. The third kappa shape index (κ3) is 9.54. The van der Waals surface area contributed by atoms with Crippen LogP contribution in [-0.2, 0) is 41.9 Å². The highest BCUT2D eigenvalue weighted by Gasteiger charge is 2.48. The highest BCUT2D eigenvalue weighted by atomic mass is 32.2. The molecule has 276 valence electrons. The molecule has 13 heteroatoms. The molecule has 2 fully saturated rings. The van der Waals surface area contributed by atoms with E-state index < -0.39 is 65.1 Å². The highest BCUT2D eigenvalue weighted by molar-refractivity contribution is 7.89. The van der Waals surface area contributed by atoms with Crippen molar-refractivity contribution >= 4 is 21.6 Å². The number of esters is 1. The topological polar surface area (TPSA) is 114 Å². The van der Waals surface area contributed by atoms with Crippen LogP contribution in [0.15, 0.2) is 59.5 Å². The van der Waals surface area contributed by atoms with Gasteiger partial charge in [-0.1, -0.05) is 70.2 Å². The third-order valence-corrected chi connectivity index (χ3v) is 11.5. The zero-order valence-corrected chi connectivity index (χ0v) is 29.9.